The first-order valence-electron chi connectivity index (χ1n) is 8.88. The van der Waals surface area contributed by atoms with Crippen molar-refractivity contribution in [1.29, 1.82) is 0 Å². The Labute approximate surface area is 142 Å². The van der Waals surface area contributed by atoms with Crippen molar-refractivity contribution in [3.63, 3.8) is 0 Å². The molecule has 4 aliphatic rings. The van der Waals surface area contributed by atoms with Crippen molar-refractivity contribution >= 4 is 23.6 Å². The fraction of sp³-hybridized carbons (Fsp3) is 0.882. The number of hydrogen-bond acceptors (Lipinski definition) is 4. The monoisotopic (exact) mass is 338 g/mol. The summed E-state index contributed by atoms with van der Waals surface area (Å²) in [4.78, 5) is 28.2. The molecular formula is C17H26N2O3S. The molecule has 0 aromatic heterocycles. The predicted octanol–water partition coefficient (Wildman–Crippen LogP) is 1.37. The summed E-state index contributed by atoms with van der Waals surface area (Å²) in [6, 6.07) is 0. The molecular weight excluding hydrogens is 312 g/mol. The maximum atomic E-state index is 12.2. The number of rotatable bonds is 4. The Kier molecular flexibility index (Phi) is 4.08. The van der Waals surface area contributed by atoms with Gasteiger partial charge in [0.1, 0.15) is 6.61 Å². The highest BCUT2D eigenvalue weighted by Gasteiger charge is 2.54. The van der Waals surface area contributed by atoms with Crippen LogP contribution in [0, 0.1) is 11.8 Å². The van der Waals surface area contributed by atoms with Gasteiger partial charge in [0, 0.05) is 37.8 Å². The molecule has 1 aliphatic carbocycles. The van der Waals surface area contributed by atoms with Crippen LogP contribution < -0.4 is 0 Å². The molecule has 0 bridgehead atoms. The van der Waals surface area contributed by atoms with Crippen molar-refractivity contribution in [2.45, 2.75) is 43.5 Å². The summed E-state index contributed by atoms with van der Waals surface area (Å²) in [6.07, 6.45) is 4.47. The molecule has 6 heteroatoms. The number of nitrogens with zero attached hydrogens (tertiary/aromatic N) is 2. The van der Waals surface area contributed by atoms with Gasteiger partial charge in [0.15, 0.2) is 0 Å². The van der Waals surface area contributed by atoms with E-state index in [-0.39, 0.29) is 23.4 Å². The van der Waals surface area contributed by atoms with Gasteiger partial charge in [-0.25, -0.2) is 0 Å². The third-order valence-electron chi connectivity index (χ3n) is 5.77. The molecule has 3 saturated heterocycles. The van der Waals surface area contributed by atoms with Gasteiger partial charge in [-0.05, 0) is 31.6 Å². The zero-order valence-electron chi connectivity index (χ0n) is 13.8. The first-order chi connectivity index (χ1) is 11.1. The summed E-state index contributed by atoms with van der Waals surface area (Å²) >= 11 is 1.93. The molecule has 0 unspecified atom stereocenters. The van der Waals surface area contributed by atoms with E-state index in [9.17, 15) is 9.59 Å². The van der Waals surface area contributed by atoms with E-state index in [1.807, 2.05) is 21.6 Å². The molecule has 0 aromatic carbocycles. The number of thioether (sulfide) groups is 1. The molecule has 23 heavy (non-hydrogen) atoms. The van der Waals surface area contributed by atoms with Crippen molar-refractivity contribution in [3.05, 3.63) is 0 Å². The third kappa shape index (κ3) is 3.12. The van der Waals surface area contributed by atoms with Crippen molar-refractivity contribution in [3.8, 4) is 0 Å². The standard InChI is InChI=1S/C17H26N2O3S/c1-12-6-14(12)16(21)19-10-17(11-19)7-13(9-23-17)22-8-15(20)18-4-2-3-5-18/h12-14H,2-11H2,1H3/t12-,13-,14+/m1/s1. The minimum atomic E-state index is 0.140. The van der Waals surface area contributed by atoms with Crippen molar-refractivity contribution < 1.29 is 14.3 Å². The Hall–Kier alpha value is -0.750. The van der Waals surface area contributed by atoms with Gasteiger partial charge < -0.3 is 14.5 Å². The van der Waals surface area contributed by atoms with E-state index in [2.05, 4.69) is 6.92 Å². The minimum absolute atomic E-state index is 0.140. The lowest BCUT2D eigenvalue weighted by molar-refractivity contribution is -0.139. The summed E-state index contributed by atoms with van der Waals surface area (Å²) in [5.41, 5.74) is 0. The molecule has 0 radical (unpaired) electrons. The second-order valence-corrected chi connectivity index (χ2v) is 9.22. The van der Waals surface area contributed by atoms with E-state index in [1.165, 1.54) is 0 Å². The second-order valence-electron chi connectivity index (χ2n) is 7.73. The molecule has 1 saturated carbocycles. The van der Waals surface area contributed by atoms with Crippen LogP contribution in [0.1, 0.15) is 32.6 Å². The second kappa shape index (κ2) is 5.96. The van der Waals surface area contributed by atoms with Crippen molar-refractivity contribution in [2.75, 3.05) is 38.5 Å². The van der Waals surface area contributed by atoms with Gasteiger partial charge in [-0.1, -0.05) is 6.92 Å². The van der Waals surface area contributed by atoms with Gasteiger partial charge >= 0.3 is 0 Å². The molecule has 5 nitrogen and oxygen atoms in total. The average molecular weight is 338 g/mol. The molecule has 4 rings (SSSR count). The molecule has 3 heterocycles. The van der Waals surface area contributed by atoms with Gasteiger partial charge in [0.25, 0.3) is 0 Å². The van der Waals surface area contributed by atoms with Crippen molar-refractivity contribution in [1.82, 2.24) is 9.80 Å². The maximum Gasteiger partial charge on any atom is 0.248 e. The lowest BCUT2D eigenvalue weighted by Crippen LogP contribution is -2.61. The number of hydrogen-bond donors (Lipinski definition) is 0. The smallest absolute Gasteiger partial charge is 0.248 e. The van der Waals surface area contributed by atoms with Crippen LogP contribution in [0.25, 0.3) is 0 Å². The van der Waals surface area contributed by atoms with Crippen molar-refractivity contribution in [2.24, 2.45) is 11.8 Å². The first kappa shape index (κ1) is 15.8. The number of carbonyl (C=O) groups is 2. The Bertz CT molecular complexity index is 500. The molecule has 1 spiro atoms. The van der Waals surface area contributed by atoms with E-state index in [4.69, 9.17) is 4.74 Å². The molecule has 2 amide bonds. The fourth-order valence-corrected chi connectivity index (χ4v) is 5.63. The predicted molar refractivity (Wildman–Crippen MR) is 89.2 cm³/mol. The fourth-order valence-electron chi connectivity index (χ4n) is 4.08. The van der Waals surface area contributed by atoms with E-state index in [0.717, 1.165) is 57.6 Å². The first-order valence-corrected chi connectivity index (χ1v) is 9.87. The van der Waals surface area contributed by atoms with Gasteiger partial charge in [-0.3, -0.25) is 9.59 Å². The van der Waals surface area contributed by atoms with Crippen LogP contribution in [0.4, 0.5) is 0 Å². The molecule has 0 aromatic rings. The highest BCUT2D eigenvalue weighted by molar-refractivity contribution is 8.01. The molecule has 3 aliphatic heterocycles. The maximum absolute atomic E-state index is 12.2. The number of ether oxygens (including phenoxy) is 1. The Morgan fingerprint density at radius 3 is 2.57 bits per heavy atom. The zero-order chi connectivity index (χ0) is 16.0. The number of carbonyl (C=O) groups excluding carboxylic acids is 2. The van der Waals surface area contributed by atoms with E-state index in [0.29, 0.717) is 17.7 Å². The van der Waals surface area contributed by atoms with Gasteiger partial charge in [0.05, 0.1) is 10.9 Å². The summed E-state index contributed by atoms with van der Waals surface area (Å²) in [7, 11) is 0. The van der Waals surface area contributed by atoms with E-state index >= 15 is 0 Å². The van der Waals surface area contributed by atoms with Gasteiger partial charge in [-0.15, -0.1) is 11.8 Å². The minimum Gasteiger partial charge on any atom is -0.367 e. The third-order valence-corrected chi connectivity index (χ3v) is 7.35. The average Bonchev–Trinajstić information content (AvgIpc) is 2.98. The van der Waals surface area contributed by atoms with Gasteiger partial charge in [0.2, 0.25) is 11.8 Å². The Balaban J connectivity index is 1.20. The number of likely N-dealkylation sites (tertiary alicyclic amines) is 2. The van der Waals surface area contributed by atoms with Crippen LogP contribution in [0.3, 0.4) is 0 Å². The Morgan fingerprint density at radius 2 is 1.91 bits per heavy atom. The van der Waals surface area contributed by atoms with Crippen LogP contribution in [0.2, 0.25) is 0 Å². The van der Waals surface area contributed by atoms with E-state index < -0.39 is 0 Å². The van der Waals surface area contributed by atoms with Crippen LogP contribution in [0.15, 0.2) is 0 Å². The summed E-state index contributed by atoms with van der Waals surface area (Å²) in [6.45, 7) is 5.91. The lowest BCUT2D eigenvalue weighted by atomic mass is 9.92. The van der Waals surface area contributed by atoms with Crippen LogP contribution in [0.5, 0.6) is 0 Å². The highest BCUT2D eigenvalue weighted by Crippen LogP contribution is 2.48. The van der Waals surface area contributed by atoms with E-state index in [1.54, 1.807) is 0 Å². The largest absolute Gasteiger partial charge is 0.367 e. The highest BCUT2D eigenvalue weighted by atomic mass is 32.2. The molecule has 4 fully saturated rings. The van der Waals surface area contributed by atoms with Crippen LogP contribution >= 0.6 is 11.8 Å². The normalized spacial score (nSPS) is 34.7. The molecule has 128 valence electrons. The van der Waals surface area contributed by atoms with Crippen LogP contribution in [-0.2, 0) is 14.3 Å². The van der Waals surface area contributed by atoms with Crippen LogP contribution in [-0.4, -0.2) is 71.0 Å². The number of amides is 2. The lowest BCUT2D eigenvalue weighted by Gasteiger charge is -2.47. The summed E-state index contributed by atoms with van der Waals surface area (Å²) in [5, 5.41) is 0. The van der Waals surface area contributed by atoms with Gasteiger partial charge in [-0.2, -0.15) is 0 Å². The zero-order valence-corrected chi connectivity index (χ0v) is 14.6. The SMILES string of the molecule is C[C@@H]1C[C@@H]1C(=O)N1CC2(C[C@@H](OCC(=O)N3CCCC3)CS2)C1. The quantitative estimate of drug-likeness (QED) is 0.777. The topological polar surface area (TPSA) is 49.9 Å². The Morgan fingerprint density at radius 1 is 1.22 bits per heavy atom. The molecule has 3 atom stereocenters. The summed E-state index contributed by atoms with van der Waals surface area (Å²) < 4.78 is 6.07. The summed E-state index contributed by atoms with van der Waals surface area (Å²) in [5.74, 6) is 2.33. The molecule has 0 N–H and O–H groups in total.